The molecule has 2 aliphatic rings. The topological polar surface area (TPSA) is 71.3 Å². The Kier molecular flexibility index (Phi) is 5.06. The SMILES string of the molecule is Cc1nc(N2CCCC(C(=O)NC3CCCCC3)C2)c2c(C)c(C)oc2n1. The van der Waals surface area contributed by atoms with Gasteiger partial charge in [0.15, 0.2) is 0 Å². The number of nitrogens with one attached hydrogen (secondary N) is 1. The molecule has 146 valence electrons. The zero-order valence-corrected chi connectivity index (χ0v) is 16.7. The molecule has 4 rings (SSSR count). The van der Waals surface area contributed by atoms with Crippen molar-refractivity contribution in [3.05, 3.63) is 17.1 Å². The summed E-state index contributed by atoms with van der Waals surface area (Å²) in [4.78, 5) is 24.3. The maximum atomic E-state index is 12.9. The number of aromatic nitrogens is 2. The summed E-state index contributed by atoms with van der Waals surface area (Å²) in [5.41, 5.74) is 1.75. The normalized spacial score (nSPS) is 21.6. The number of carbonyl (C=O) groups excluding carboxylic acids is 1. The molecule has 6 heteroatoms. The lowest BCUT2D eigenvalue weighted by atomic mass is 9.93. The van der Waals surface area contributed by atoms with Gasteiger partial charge >= 0.3 is 0 Å². The van der Waals surface area contributed by atoms with E-state index in [1.54, 1.807) is 0 Å². The Bertz CT molecular complexity index is 838. The second-order valence-electron chi connectivity index (χ2n) is 8.19. The Labute approximate surface area is 160 Å². The fraction of sp³-hybridized carbons (Fsp3) is 0.667. The highest BCUT2D eigenvalue weighted by Gasteiger charge is 2.30. The van der Waals surface area contributed by atoms with Gasteiger partial charge in [0, 0.05) is 24.7 Å². The van der Waals surface area contributed by atoms with Crippen molar-refractivity contribution in [2.24, 2.45) is 5.92 Å². The number of amides is 1. The maximum absolute atomic E-state index is 12.9. The molecule has 1 N–H and O–H groups in total. The minimum Gasteiger partial charge on any atom is -0.443 e. The molecular formula is C21H30N4O2. The summed E-state index contributed by atoms with van der Waals surface area (Å²) in [5, 5.41) is 4.30. The van der Waals surface area contributed by atoms with Crippen LogP contribution in [0, 0.1) is 26.7 Å². The molecule has 1 unspecified atom stereocenters. The van der Waals surface area contributed by atoms with Crippen LogP contribution in [-0.4, -0.2) is 35.0 Å². The van der Waals surface area contributed by atoms with E-state index in [-0.39, 0.29) is 11.8 Å². The number of nitrogens with zero attached hydrogens (tertiary/aromatic N) is 3. The lowest BCUT2D eigenvalue weighted by Gasteiger charge is -2.34. The van der Waals surface area contributed by atoms with Gasteiger partial charge in [-0.2, -0.15) is 4.98 Å². The summed E-state index contributed by atoms with van der Waals surface area (Å²) in [7, 11) is 0. The highest BCUT2D eigenvalue weighted by molar-refractivity contribution is 5.90. The van der Waals surface area contributed by atoms with Crippen molar-refractivity contribution in [3.8, 4) is 0 Å². The van der Waals surface area contributed by atoms with Gasteiger partial charge in [-0.1, -0.05) is 19.3 Å². The summed E-state index contributed by atoms with van der Waals surface area (Å²) < 4.78 is 5.83. The minimum absolute atomic E-state index is 0.0271. The molecule has 0 radical (unpaired) electrons. The van der Waals surface area contributed by atoms with Crippen molar-refractivity contribution in [2.75, 3.05) is 18.0 Å². The van der Waals surface area contributed by atoms with Crippen LogP contribution < -0.4 is 10.2 Å². The van der Waals surface area contributed by atoms with Gasteiger partial charge in [0.1, 0.15) is 17.4 Å². The van der Waals surface area contributed by atoms with E-state index in [0.29, 0.717) is 24.1 Å². The predicted molar refractivity (Wildman–Crippen MR) is 106 cm³/mol. The highest BCUT2D eigenvalue weighted by Crippen LogP contribution is 2.33. The highest BCUT2D eigenvalue weighted by atomic mass is 16.3. The van der Waals surface area contributed by atoms with E-state index in [2.05, 4.69) is 22.1 Å². The van der Waals surface area contributed by atoms with Gasteiger partial charge in [0.25, 0.3) is 0 Å². The molecule has 27 heavy (non-hydrogen) atoms. The zero-order valence-electron chi connectivity index (χ0n) is 16.7. The molecule has 2 aromatic rings. The summed E-state index contributed by atoms with van der Waals surface area (Å²) >= 11 is 0. The number of hydrogen-bond donors (Lipinski definition) is 1. The molecule has 1 saturated heterocycles. The van der Waals surface area contributed by atoms with Crippen LogP contribution in [0.4, 0.5) is 5.82 Å². The molecule has 0 bridgehead atoms. The van der Waals surface area contributed by atoms with Crippen molar-refractivity contribution >= 4 is 22.8 Å². The van der Waals surface area contributed by atoms with Crippen LogP contribution in [0.5, 0.6) is 0 Å². The number of piperidine rings is 1. The van der Waals surface area contributed by atoms with Crippen molar-refractivity contribution in [1.29, 1.82) is 0 Å². The van der Waals surface area contributed by atoms with Crippen molar-refractivity contribution in [1.82, 2.24) is 15.3 Å². The van der Waals surface area contributed by atoms with E-state index in [9.17, 15) is 4.79 Å². The van der Waals surface area contributed by atoms with Gasteiger partial charge in [-0.15, -0.1) is 0 Å². The Balaban J connectivity index is 1.54. The van der Waals surface area contributed by atoms with Crippen LogP contribution in [0.1, 0.15) is 62.1 Å². The maximum Gasteiger partial charge on any atom is 0.231 e. The second kappa shape index (κ2) is 7.49. The van der Waals surface area contributed by atoms with E-state index in [1.807, 2.05) is 13.8 Å². The summed E-state index contributed by atoms with van der Waals surface area (Å²) in [6.45, 7) is 7.55. The van der Waals surface area contributed by atoms with E-state index >= 15 is 0 Å². The molecule has 2 aromatic heterocycles. The molecular weight excluding hydrogens is 340 g/mol. The standard InChI is InChI=1S/C21H30N4O2/c1-13-14(2)27-21-18(13)19(22-15(3)23-21)25-11-7-8-16(12-25)20(26)24-17-9-5-4-6-10-17/h16-17H,4-12H2,1-3H3,(H,24,26). The van der Waals surface area contributed by atoms with Gasteiger partial charge < -0.3 is 14.6 Å². The van der Waals surface area contributed by atoms with Crippen LogP contribution in [-0.2, 0) is 4.79 Å². The third-order valence-electron chi connectivity index (χ3n) is 6.16. The first-order valence-corrected chi connectivity index (χ1v) is 10.3. The monoisotopic (exact) mass is 370 g/mol. The Morgan fingerprint density at radius 3 is 2.63 bits per heavy atom. The Morgan fingerprint density at radius 1 is 1.07 bits per heavy atom. The van der Waals surface area contributed by atoms with Crippen LogP contribution in [0.2, 0.25) is 0 Å². The second-order valence-corrected chi connectivity index (χ2v) is 8.19. The van der Waals surface area contributed by atoms with Crippen molar-refractivity contribution in [3.63, 3.8) is 0 Å². The molecule has 1 aliphatic heterocycles. The average Bonchev–Trinajstić information content (AvgIpc) is 2.95. The molecule has 0 spiro atoms. The Hall–Kier alpha value is -2.11. The first-order chi connectivity index (χ1) is 13.0. The molecule has 1 amide bonds. The smallest absolute Gasteiger partial charge is 0.231 e. The number of carbonyl (C=O) groups is 1. The number of hydrogen-bond acceptors (Lipinski definition) is 5. The first kappa shape index (κ1) is 18.3. The van der Waals surface area contributed by atoms with Gasteiger partial charge in [-0.25, -0.2) is 4.98 Å². The van der Waals surface area contributed by atoms with E-state index < -0.39 is 0 Å². The fourth-order valence-corrected chi connectivity index (χ4v) is 4.51. The molecule has 1 saturated carbocycles. The number of aryl methyl sites for hydroxylation is 3. The van der Waals surface area contributed by atoms with Gasteiger partial charge in [-0.3, -0.25) is 4.79 Å². The largest absolute Gasteiger partial charge is 0.443 e. The summed E-state index contributed by atoms with van der Waals surface area (Å²) in [6, 6.07) is 0.369. The average molecular weight is 370 g/mol. The van der Waals surface area contributed by atoms with Crippen LogP contribution in [0.25, 0.3) is 11.1 Å². The van der Waals surface area contributed by atoms with E-state index in [0.717, 1.165) is 54.8 Å². The quantitative estimate of drug-likeness (QED) is 0.889. The Morgan fingerprint density at radius 2 is 1.85 bits per heavy atom. The molecule has 1 atom stereocenters. The third kappa shape index (κ3) is 3.66. The van der Waals surface area contributed by atoms with Gasteiger partial charge in [-0.05, 0) is 46.5 Å². The predicted octanol–water partition coefficient (Wildman–Crippen LogP) is 3.81. The number of furan rings is 1. The lowest BCUT2D eigenvalue weighted by Crippen LogP contribution is -2.46. The zero-order chi connectivity index (χ0) is 19.0. The molecule has 0 aromatic carbocycles. The molecule has 3 heterocycles. The van der Waals surface area contributed by atoms with Crippen LogP contribution in [0.15, 0.2) is 4.42 Å². The van der Waals surface area contributed by atoms with Gasteiger partial charge in [0.05, 0.1) is 11.3 Å². The fourth-order valence-electron chi connectivity index (χ4n) is 4.51. The van der Waals surface area contributed by atoms with E-state index in [4.69, 9.17) is 9.40 Å². The van der Waals surface area contributed by atoms with Crippen molar-refractivity contribution in [2.45, 2.75) is 71.8 Å². The first-order valence-electron chi connectivity index (χ1n) is 10.3. The lowest BCUT2D eigenvalue weighted by molar-refractivity contribution is -0.126. The third-order valence-corrected chi connectivity index (χ3v) is 6.16. The molecule has 1 aliphatic carbocycles. The molecule has 6 nitrogen and oxygen atoms in total. The number of fused-ring (bicyclic) bond motifs is 1. The summed E-state index contributed by atoms with van der Waals surface area (Å²) in [6.07, 6.45) is 7.98. The number of anilines is 1. The number of rotatable bonds is 3. The van der Waals surface area contributed by atoms with Gasteiger partial charge in [0.2, 0.25) is 11.6 Å². The van der Waals surface area contributed by atoms with E-state index in [1.165, 1.54) is 19.3 Å². The summed E-state index contributed by atoms with van der Waals surface area (Å²) in [5.74, 6) is 2.75. The molecule has 2 fully saturated rings. The van der Waals surface area contributed by atoms with Crippen molar-refractivity contribution < 1.29 is 9.21 Å². The minimum atomic E-state index is 0.0271. The van der Waals surface area contributed by atoms with Crippen LogP contribution >= 0.6 is 0 Å². The van der Waals surface area contributed by atoms with Crippen LogP contribution in [0.3, 0.4) is 0 Å².